The second kappa shape index (κ2) is 7.86. The van der Waals surface area contributed by atoms with Gasteiger partial charge in [-0.05, 0) is 25.5 Å². The zero-order valence-electron chi connectivity index (χ0n) is 12.1. The maximum absolute atomic E-state index is 3.83. The first-order valence-electron chi connectivity index (χ1n) is 7.16. The van der Waals surface area contributed by atoms with E-state index in [1.807, 2.05) is 36.4 Å². The Morgan fingerprint density at radius 1 is 1.35 bits per heavy atom. The van der Waals surface area contributed by atoms with Crippen LogP contribution < -0.4 is 10.9 Å². The standard InChI is InChI=1S/C17H23N3/c1-3-11-20(14-17-13-15(2)18-19-17)12-7-10-16-8-5-4-6-9-16/h3-6,8-9,15,17-19H,1,11-14H2,2H3. The molecule has 0 spiro atoms. The molecule has 1 aliphatic heterocycles. The highest BCUT2D eigenvalue weighted by Crippen LogP contribution is 2.06. The van der Waals surface area contributed by atoms with Gasteiger partial charge in [-0.3, -0.25) is 15.8 Å². The molecule has 0 radical (unpaired) electrons. The van der Waals surface area contributed by atoms with Gasteiger partial charge in [0.15, 0.2) is 0 Å². The van der Waals surface area contributed by atoms with Crippen LogP contribution in [0.5, 0.6) is 0 Å². The van der Waals surface area contributed by atoms with Gasteiger partial charge in [-0.25, -0.2) is 0 Å². The molecule has 1 saturated heterocycles. The number of hydrogen-bond donors (Lipinski definition) is 2. The highest BCUT2D eigenvalue weighted by molar-refractivity contribution is 5.33. The average molecular weight is 269 g/mol. The molecule has 1 aromatic carbocycles. The van der Waals surface area contributed by atoms with Gasteiger partial charge >= 0.3 is 0 Å². The van der Waals surface area contributed by atoms with Gasteiger partial charge in [0.05, 0.1) is 6.54 Å². The van der Waals surface area contributed by atoms with Crippen molar-refractivity contribution in [1.82, 2.24) is 15.8 Å². The molecule has 3 heteroatoms. The molecule has 2 atom stereocenters. The number of rotatable bonds is 5. The Hall–Kier alpha value is -1.60. The summed E-state index contributed by atoms with van der Waals surface area (Å²) in [6.07, 6.45) is 3.09. The summed E-state index contributed by atoms with van der Waals surface area (Å²) in [5.74, 6) is 6.46. The van der Waals surface area contributed by atoms with E-state index in [0.29, 0.717) is 12.1 Å². The van der Waals surface area contributed by atoms with Crippen LogP contribution in [0.15, 0.2) is 43.0 Å². The van der Waals surface area contributed by atoms with Gasteiger partial charge in [-0.1, -0.05) is 36.1 Å². The molecular formula is C17H23N3. The van der Waals surface area contributed by atoms with Gasteiger partial charge in [0, 0.05) is 30.7 Å². The summed E-state index contributed by atoms with van der Waals surface area (Å²) in [6, 6.07) is 11.1. The molecule has 0 aromatic heterocycles. The van der Waals surface area contributed by atoms with Crippen LogP contribution in [0.25, 0.3) is 0 Å². The van der Waals surface area contributed by atoms with Crippen LogP contribution in [-0.4, -0.2) is 36.6 Å². The van der Waals surface area contributed by atoms with Crippen molar-refractivity contribution in [3.63, 3.8) is 0 Å². The zero-order chi connectivity index (χ0) is 14.2. The molecule has 20 heavy (non-hydrogen) atoms. The average Bonchev–Trinajstić information content (AvgIpc) is 2.85. The Balaban J connectivity index is 1.86. The van der Waals surface area contributed by atoms with Gasteiger partial charge in [-0.2, -0.15) is 0 Å². The lowest BCUT2D eigenvalue weighted by Gasteiger charge is -2.21. The number of hydrogen-bond acceptors (Lipinski definition) is 3. The molecule has 2 rings (SSSR count). The highest BCUT2D eigenvalue weighted by Gasteiger charge is 2.21. The number of nitrogens with one attached hydrogen (secondary N) is 2. The third-order valence-corrected chi connectivity index (χ3v) is 3.35. The lowest BCUT2D eigenvalue weighted by atomic mass is 10.1. The molecule has 2 unspecified atom stereocenters. The molecule has 2 N–H and O–H groups in total. The quantitative estimate of drug-likeness (QED) is 0.630. The first-order valence-corrected chi connectivity index (χ1v) is 7.16. The Morgan fingerprint density at radius 2 is 2.15 bits per heavy atom. The van der Waals surface area contributed by atoms with Crippen molar-refractivity contribution in [3.05, 3.63) is 48.6 Å². The Kier molecular flexibility index (Phi) is 5.82. The minimum atomic E-state index is 0.489. The predicted molar refractivity (Wildman–Crippen MR) is 84.1 cm³/mol. The molecule has 1 heterocycles. The normalized spacial score (nSPS) is 21.5. The fourth-order valence-corrected chi connectivity index (χ4v) is 2.40. The SMILES string of the molecule is C=CCN(CC#Cc1ccccc1)CC1CC(C)NN1. The van der Waals surface area contributed by atoms with E-state index >= 15 is 0 Å². The van der Waals surface area contributed by atoms with Crippen molar-refractivity contribution < 1.29 is 0 Å². The maximum Gasteiger partial charge on any atom is 0.0608 e. The molecule has 1 aromatic rings. The molecule has 1 aliphatic rings. The van der Waals surface area contributed by atoms with Crippen LogP contribution in [0.4, 0.5) is 0 Å². The van der Waals surface area contributed by atoms with Crippen molar-refractivity contribution >= 4 is 0 Å². The third kappa shape index (κ3) is 4.82. The van der Waals surface area contributed by atoms with E-state index in [1.165, 1.54) is 0 Å². The number of nitrogens with zero attached hydrogens (tertiary/aromatic N) is 1. The Morgan fingerprint density at radius 3 is 2.80 bits per heavy atom. The van der Waals surface area contributed by atoms with Crippen molar-refractivity contribution in [2.75, 3.05) is 19.6 Å². The van der Waals surface area contributed by atoms with E-state index in [2.05, 4.69) is 41.1 Å². The monoisotopic (exact) mass is 269 g/mol. The van der Waals surface area contributed by atoms with E-state index in [0.717, 1.165) is 31.6 Å². The second-order valence-electron chi connectivity index (χ2n) is 5.27. The molecule has 0 aliphatic carbocycles. The van der Waals surface area contributed by atoms with E-state index in [1.54, 1.807) is 0 Å². The zero-order valence-corrected chi connectivity index (χ0v) is 12.1. The molecule has 0 amide bonds. The minimum absolute atomic E-state index is 0.489. The molecule has 1 fully saturated rings. The maximum atomic E-state index is 3.83. The molecule has 0 saturated carbocycles. The van der Waals surface area contributed by atoms with Gasteiger partial charge < -0.3 is 0 Å². The molecule has 0 bridgehead atoms. The van der Waals surface area contributed by atoms with Crippen LogP contribution in [0.3, 0.4) is 0 Å². The van der Waals surface area contributed by atoms with Crippen LogP contribution >= 0.6 is 0 Å². The van der Waals surface area contributed by atoms with E-state index < -0.39 is 0 Å². The van der Waals surface area contributed by atoms with Crippen molar-refractivity contribution in [2.45, 2.75) is 25.4 Å². The molecule has 106 valence electrons. The first-order chi connectivity index (χ1) is 9.78. The molecular weight excluding hydrogens is 246 g/mol. The predicted octanol–water partition coefficient (Wildman–Crippen LogP) is 1.78. The topological polar surface area (TPSA) is 27.3 Å². The van der Waals surface area contributed by atoms with E-state index in [4.69, 9.17) is 0 Å². The fourth-order valence-electron chi connectivity index (χ4n) is 2.40. The highest BCUT2D eigenvalue weighted by atomic mass is 15.4. The summed E-state index contributed by atoms with van der Waals surface area (Å²) >= 11 is 0. The van der Waals surface area contributed by atoms with E-state index in [9.17, 15) is 0 Å². The van der Waals surface area contributed by atoms with Crippen molar-refractivity contribution in [1.29, 1.82) is 0 Å². The van der Waals surface area contributed by atoms with E-state index in [-0.39, 0.29) is 0 Å². The van der Waals surface area contributed by atoms with Gasteiger partial charge in [-0.15, -0.1) is 6.58 Å². The summed E-state index contributed by atoms with van der Waals surface area (Å²) in [5.41, 5.74) is 7.66. The van der Waals surface area contributed by atoms with Crippen LogP contribution in [-0.2, 0) is 0 Å². The summed E-state index contributed by atoms with van der Waals surface area (Å²) in [7, 11) is 0. The first kappa shape index (κ1) is 14.8. The lowest BCUT2D eigenvalue weighted by molar-refractivity contribution is 0.299. The minimum Gasteiger partial charge on any atom is -0.287 e. The summed E-state index contributed by atoms with van der Waals surface area (Å²) in [4.78, 5) is 2.32. The van der Waals surface area contributed by atoms with Crippen molar-refractivity contribution in [3.8, 4) is 11.8 Å². The number of hydrazine groups is 1. The van der Waals surface area contributed by atoms with Crippen LogP contribution in [0, 0.1) is 11.8 Å². The number of benzene rings is 1. The van der Waals surface area contributed by atoms with Crippen molar-refractivity contribution in [2.24, 2.45) is 0 Å². The lowest BCUT2D eigenvalue weighted by Crippen LogP contribution is -2.40. The summed E-state index contributed by atoms with van der Waals surface area (Å²) < 4.78 is 0. The Bertz CT molecular complexity index is 472. The second-order valence-corrected chi connectivity index (χ2v) is 5.27. The van der Waals surface area contributed by atoms with Crippen LogP contribution in [0.1, 0.15) is 18.9 Å². The van der Waals surface area contributed by atoms with Gasteiger partial charge in [0.25, 0.3) is 0 Å². The smallest absolute Gasteiger partial charge is 0.0608 e. The molecule has 3 nitrogen and oxygen atoms in total. The van der Waals surface area contributed by atoms with Gasteiger partial charge in [0.2, 0.25) is 0 Å². The summed E-state index contributed by atoms with van der Waals surface area (Å²) in [6.45, 7) is 8.66. The van der Waals surface area contributed by atoms with Crippen LogP contribution in [0.2, 0.25) is 0 Å². The third-order valence-electron chi connectivity index (χ3n) is 3.35. The van der Waals surface area contributed by atoms with Gasteiger partial charge in [0.1, 0.15) is 0 Å². The largest absolute Gasteiger partial charge is 0.287 e. The summed E-state index contributed by atoms with van der Waals surface area (Å²) in [5, 5.41) is 0. The Labute approximate surface area is 122 Å². The fraction of sp³-hybridized carbons (Fsp3) is 0.412.